The number of carboxylic acid groups (broad SMARTS) is 1. The van der Waals surface area contributed by atoms with Crippen LogP contribution < -0.4 is 14.8 Å². The van der Waals surface area contributed by atoms with Crippen LogP contribution in [0.25, 0.3) is 10.4 Å². The summed E-state index contributed by atoms with van der Waals surface area (Å²) in [5, 5.41) is 13.7. The van der Waals surface area contributed by atoms with Gasteiger partial charge in [0.25, 0.3) is 10.0 Å². The van der Waals surface area contributed by atoms with Crippen molar-refractivity contribution in [2.24, 2.45) is 0 Å². The largest absolute Gasteiger partial charge is 0.495 e. The van der Waals surface area contributed by atoms with Gasteiger partial charge in [-0.15, -0.1) is 11.3 Å². The number of methoxy groups -OCH3 is 1. The number of hydrogen-bond donors (Lipinski definition) is 3. The zero-order valence-electron chi connectivity index (χ0n) is 19.3. The number of benzene rings is 2. The summed E-state index contributed by atoms with van der Waals surface area (Å²) in [6.07, 6.45) is -1.26. The van der Waals surface area contributed by atoms with Crippen molar-refractivity contribution in [3.8, 4) is 16.2 Å². The van der Waals surface area contributed by atoms with E-state index in [1.165, 1.54) is 56.7 Å². The minimum Gasteiger partial charge on any atom is -0.495 e. The van der Waals surface area contributed by atoms with Crippen LogP contribution in [-0.2, 0) is 14.8 Å². The van der Waals surface area contributed by atoms with Crippen molar-refractivity contribution in [1.82, 2.24) is 4.90 Å². The van der Waals surface area contributed by atoms with Gasteiger partial charge in [0.05, 0.1) is 17.8 Å². The van der Waals surface area contributed by atoms with Crippen LogP contribution in [0.1, 0.15) is 12.5 Å². The lowest BCUT2D eigenvalue weighted by Gasteiger charge is -2.21. The van der Waals surface area contributed by atoms with Crippen LogP contribution in [0.2, 0.25) is 5.02 Å². The second-order valence-corrected chi connectivity index (χ2v) is 10.7. The molecule has 0 aliphatic heterocycles. The molecule has 2 amide bonds. The zero-order valence-corrected chi connectivity index (χ0v) is 21.7. The Balaban J connectivity index is 1.87. The maximum absolute atomic E-state index is 13.1. The van der Waals surface area contributed by atoms with E-state index in [0.717, 1.165) is 20.9 Å². The molecule has 9 nitrogen and oxygen atoms in total. The molecule has 0 saturated carbocycles. The third kappa shape index (κ3) is 6.05. The van der Waals surface area contributed by atoms with Crippen LogP contribution in [0, 0.1) is 6.92 Å². The van der Waals surface area contributed by atoms with Crippen LogP contribution in [0.5, 0.6) is 5.75 Å². The second-order valence-electron chi connectivity index (χ2n) is 7.71. The molecule has 2 aromatic carbocycles. The third-order valence-electron chi connectivity index (χ3n) is 5.21. The number of thiophene rings is 1. The first kappa shape index (κ1) is 26.3. The van der Waals surface area contributed by atoms with E-state index in [9.17, 15) is 18.0 Å². The van der Waals surface area contributed by atoms with Crippen molar-refractivity contribution in [1.29, 1.82) is 0 Å². The smallest absolute Gasteiger partial charge is 0.407 e. The fourth-order valence-electron chi connectivity index (χ4n) is 3.11. The molecule has 3 aromatic rings. The van der Waals surface area contributed by atoms with Crippen molar-refractivity contribution in [3.05, 3.63) is 58.4 Å². The van der Waals surface area contributed by atoms with Crippen molar-refractivity contribution < 1.29 is 27.9 Å². The first-order valence-corrected chi connectivity index (χ1v) is 13.0. The maximum atomic E-state index is 13.1. The number of sulfonamides is 1. The molecule has 0 aliphatic rings. The Hall–Kier alpha value is -3.28. The van der Waals surface area contributed by atoms with E-state index in [2.05, 4.69) is 10.0 Å². The lowest BCUT2D eigenvalue weighted by atomic mass is 10.2. The average molecular weight is 538 g/mol. The number of carbonyl (C=O) groups is 2. The molecular formula is C23H24ClN3O6S2. The molecule has 12 heteroatoms. The summed E-state index contributed by atoms with van der Waals surface area (Å²) >= 11 is 7.88. The molecule has 1 heterocycles. The number of rotatable bonds is 8. The number of amides is 2. The fraction of sp³-hybridized carbons (Fsp3) is 0.217. The van der Waals surface area contributed by atoms with Crippen molar-refractivity contribution >= 4 is 56.3 Å². The van der Waals surface area contributed by atoms with E-state index in [-0.39, 0.29) is 27.0 Å². The molecule has 0 spiro atoms. The molecule has 0 saturated heterocycles. The molecule has 0 fully saturated rings. The van der Waals surface area contributed by atoms with Gasteiger partial charge in [0, 0.05) is 17.6 Å². The van der Waals surface area contributed by atoms with Gasteiger partial charge in [-0.25, -0.2) is 13.2 Å². The van der Waals surface area contributed by atoms with Crippen LogP contribution in [-0.4, -0.2) is 50.6 Å². The molecule has 1 aromatic heterocycles. The summed E-state index contributed by atoms with van der Waals surface area (Å²) in [4.78, 5) is 25.2. The highest BCUT2D eigenvalue weighted by Gasteiger charge is 2.24. The van der Waals surface area contributed by atoms with Crippen molar-refractivity contribution in [2.75, 3.05) is 24.2 Å². The molecule has 3 rings (SSSR count). The van der Waals surface area contributed by atoms with E-state index in [1.54, 1.807) is 12.1 Å². The molecule has 35 heavy (non-hydrogen) atoms. The number of likely N-dealkylation sites (N-methyl/N-ethyl adjacent to an activating group) is 1. The number of halogens is 1. The monoisotopic (exact) mass is 537 g/mol. The van der Waals surface area contributed by atoms with Gasteiger partial charge in [0.15, 0.2) is 0 Å². The number of carbonyl (C=O) groups excluding carboxylic acids is 1. The van der Waals surface area contributed by atoms with Crippen LogP contribution in [0.15, 0.2) is 52.7 Å². The van der Waals surface area contributed by atoms with Gasteiger partial charge in [0.2, 0.25) is 5.91 Å². The minimum atomic E-state index is -4.11. The first-order valence-electron chi connectivity index (χ1n) is 10.3. The minimum absolute atomic E-state index is 0.0509. The van der Waals surface area contributed by atoms with E-state index >= 15 is 0 Å². The van der Waals surface area contributed by atoms with E-state index in [4.69, 9.17) is 21.4 Å². The molecule has 0 unspecified atom stereocenters. The number of nitrogens with zero attached hydrogens (tertiary/aromatic N) is 1. The highest BCUT2D eigenvalue weighted by molar-refractivity contribution is 7.92. The van der Waals surface area contributed by atoms with E-state index in [0.29, 0.717) is 0 Å². The van der Waals surface area contributed by atoms with Gasteiger partial charge < -0.3 is 15.2 Å². The number of hydrogen-bond acceptors (Lipinski definition) is 6. The number of aryl methyl sites for hydroxylation is 1. The highest BCUT2D eigenvalue weighted by Crippen LogP contribution is 2.34. The van der Waals surface area contributed by atoms with Crippen LogP contribution in [0.4, 0.5) is 16.2 Å². The van der Waals surface area contributed by atoms with Crippen molar-refractivity contribution in [3.63, 3.8) is 0 Å². The van der Waals surface area contributed by atoms with Gasteiger partial charge in [0.1, 0.15) is 16.7 Å². The van der Waals surface area contributed by atoms with Crippen molar-refractivity contribution in [2.45, 2.75) is 24.8 Å². The standard InChI is InChI=1S/C23H24ClN3O6S2/c1-13-9-20(34-12-13)15-5-8-21(17(24)10-15)35(31,32)26-18-11-16(6-7-19(18)33-4)25-22(28)14(2)27(3)23(29)30/h5-12,14,26H,1-4H3,(H,25,28)(H,29,30)/t14-/m0/s1. The molecule has 0 aliphatic carbocycles. The lowest BCUT2D eigenvalue weighted by molar-refractivity contribution is -0.119. The maximum Gasteiger partial charge on any atom is 0.407 e. The Morgan fingerprint density at radius 1 is 1.17 bits per heavy atom. The normalized spacial score (nSPS) is 12.0. The Labute approximate surface area is 212 Å². The Morgan fingerprint density at radius 3 is 2.46 bits per heavy atom. The summed E-state index contributed by atoms with van der Waals surface area (Å²) < 4.78 is 34.0. The van der Waals surface area contributed by atoms with Crippen LogP contribution in [0.3, 0.4) is 0 Å². The average Bonchev–Trinajstić information content (AvgIpc) is 3.24. The molecule has 3 N–H and O–H groups in total. The predicted octanol–water partition coefficient (Wildman–Crippen LogP) is 5.12. The Bertz CT molecular complexity index is 1370. The number of ether oxygens (including phenoxy) is 1. The molecule has 0 radical (unpaired) electrons. The Morgan fingerprint density at radius 2 is 1.89 bits per heavy atom. The Kier molecular flexibility index (Phi) is 7.93. The van der Waals surface area contributed by atoms with E-state index in [1.807, 2.05) is 18.4 Å². The van der Waals surface area contributed by atoms with Gasteiger partial charge in [-0.05, 0) is 66.8 Å². The quantitative estimate of drug-likeness (QED) is 0.366. The van der Waals surface area contributed by atoms with Crippen LogP contribution >= 0.6 is 22.9 Å². The summed E-state index contributed by atoms with van der Waals surface area (Å²) in [5.74, 6) is -0.375. The van der Waals surface area contributed by atoms with Gasteiger partial charge in [-0.1, -0.05) is 17.7 Å². The number of anilines is 2. The summed E-state index contributed by atoms with van der Waals surface area (Å²) in [6, 6.07) is 10.1. The SMILES string of the molecule is COc1ccc(NC(=O)[C@H](C)N(C)C(=O)O)cc1NS(=O)(=O)c1ccc(-c2cc(C)cs2)cc1Cl. The zero-order chi connectivity index (χ0) is 25.9. The lowest BCUT2D eigenvalue weighted by Crippen LogP contribution is -2.42. The van der Waals surface area contributed by atoms with E-state index < -0.39 is 28.1 Å². The summed E-state index contributed by atoms with van der Waals surface area (Å²) in [7, 11) is -1.47. The fourth-order valence-corrected chi connectivity index (χ4v) is 5.61. The molecule has 0 bridgehead atoms. The van der Waals surface area contributed by atoms with Gasteiger partial charge >= 0.3 is 6.09 Å². The number of nitrogens with one attached hydrogen (secondary N) is 2. The second kappa shape index (κ2) is 10.5. The molecular weight excluding hydrogens is 514 g/mol. The summed E-state index contributed by atoms with van der Waals surface area (Å²) in [5.41, 5.74) is 2.21. The topological polar surface area (TPSA) is 125 Å². The van der Waals surface area contributed by atoms with Gasteiger partial charge in [-0.3, -0.25) is 14.4 Å². The third-order valence-corrected chi connectivity index (χ3v) is 8.16. The summed E-state index contributed by atoms with van der Waals surface area (Å²) in [6.45, 7) is 3.40. The first-order chi connectivity index (χ1) is 16.4. The highest BCUT2D eigenvalue weighted by atomic mass is 35.5. The van der Waals surface area contributed by atoms with Gasteiger partial charge in [-0.2, -0.15) is 0 Å². The molecule has 1 atom stereocenters. The predicted molar refractivity (Wildman–Crippen MR) is 137 cm³/mol. The molecule has 186 valence electrons.